The molecule has 1 aliphatic heterocycles. The zero-order valence-electron chi connectivity index (χ0n) is 14.3. The maximum atomic E-state index is 13.8. The maximum Gasteiger partial charge on any atom is 0.123 e. The smallest absolute Gasteiger partial charge is 0.123 e. The van der Waals surface area contributed by atoms with Gasteiger partial charge in [0.1, 0.15) is 11.9 Å². The quantitative estimate of drug-likeness (QED) is 0.599. The molecule has 2 atom stereocenters. The van der Waals surface area contributed by atoms with E-state index in [0.717, 1.165) is 32.9 Å². The van der Waals surface area contributed by atoms with Crippen molar-refractivity contribution in [1.29, 1.82) is 0 Å². The van der Waals surface area contributed by atoms with Crippen molar-refractivity contribution in [2.75, 3.05) is 5.75 Å². The topological polar surface area (TPSA) is 33.1 Å². The molecule has 136 valence electrons. The molecule has 27 heavy (non-hydrogen) atoms. The lowest BCUT2D eigenvalue weighted by Crippen LogP contribution is -2.10. The Kier molecular flexibility index (Phi) is 5.30. The molecule has 5 heteroatoms. The standard InChI is InChI=1S/C22H17ClFNOS/c23-17-8-6-14(7-9-17)19-13-27-22(15-3-1-5-18(24)11-15)20(19)21(26)16-4-2-10-25-12-16/h1-12,19,21,26H,13H2. The van der Waals surface area contributed by atoms with E-state index in [1.165, 1.54) is 12.1 Å². The third kappa shape index (κ3) is 3.79. The van der Waals surface area contributed by atoms with Crippen molar-refractivity contribution in [2.24, 2.45) is 0 Å². The van der Waals surface area contributed by atoms with E-state index < -0.39 is 6.10 Å². The molecule has 0 radical (unpaired) electrons. The Labute approximate surface area is 166 Å². The van der Waals surface area contributed by atoms with Crippen LogP contribution in [0, 0.1) is 5.82 Å². The summed E-state index contributed by atoms with van der Waals surface area (Å²) >= 11 is 7.68. The molecule has 2 aromatic carbocycles. The monoisotopic (exact) mass is 397 g/mol. The molecular weight excluding hydrogens is 381 g/mol. The fraction of sp³-hybridized carbons (Fsp3) is 0.136. The highest BCUT2D eigenvalue weighted by Gasteiger charge is 2.33. The average molecular weight is 398 g/mol. The van der Waals surface area contributed by atoms with Gasteiger partial charge in [0.05, 0.1) is 0 Å². The Bertz CT molecular complexity index is 975. The van der Waals surface area contributed by atoms with Crippen molar-refractivity contribution in [3.05, 3.63) is 106 Å². The molecule has 0 fully saturated rings. The predicted molar refractivity (Wildman–Crippen MR) is 109 cm³/mol. The van der Waals surface area contributed by atoms with E-state index in [9.17, 15) is 9.50 Å². The van der Waals surface area contributed by atoms with Gasteiger partial charge in [0, 0.05) is 39.6 Å². The number of pyridine rings is 1. The number of hydrogen-bond acceptors (Lipinski definition) is 3. The first-order valence-corrected chi connectivity index (χ1v) is 9.96. The number of nitrogens with zero attached hydrogens (tertiary/aromatic N) is 1. The van der Waals surface area contributed by atoms with Crippen LogP contribution in [0.25, 0.3) is 4.91 Å². The van der Waals surface area contributed by atoms with Crippen molar-refractivity contribution in [2.45, 2.75) is 12.0 Å². The Balaban J connectivity index is 1.84. The Morgan fingerprint density at radius 1 is 1.11 bits per heavy atom. The maximum absolute atomic E-state index is 13.8. The minimum Gasteiger partial charge on any atom is -0.384 e. The summed E-state index contributed by atoms with van der Waals surface area (Å²) in [7, 11) is 0. The molecule has 1 aliphatic rings. The lowest BCUT2D eigenvalue weighted by molar-refractivity contribution is 0.210. The highest BCUT2D eigenvalue weighted by Crippen LogP contribution is 2.51. The van der Waals surface area contributed by atoms with Gasteiger partial charge in [0.25, 0.3) is 0 Å². The molecule has 0 aliphatic carbocycles. The van der Waals surface area contributed by atoms with Crippen molar-refractivity contribution < 1.29 is 9.50 Å². The number of hydrogen-bond donors (Lipinski definition) is 1. The lowest BCUT2D eigenvalue weighted by atomic mass is 9.86. The first-order chi connectivity index (χ1) is 13.1. The van der Waals surface area contributed by atoms with E-state index in [-0.39, 0.29) is 11.7 Å². The van der Waals surface area contributed by atoms with Crippen LogP contribution in [0.2, 0.25) is 5.02 Å². The minimum absolute atomic E-state index is 0.0146. The van der Waals surface area contributed by atoms with Gasteiger partial charge in [-0.15, -0.1) is 11.8 Å². The van der Waals surface area contributed by atoms with Gasteiger partial charge in [-0.3, -0.25) is 4.98 Å². The van der Waals surface area contributed by atoms with Gasteiger partial charge in [0.15, 0.2) is 0 Å². The molecule has 1 aromatic heterocycles. The highest BCUT2D eigenvalue weighted by molar-refractivity contribution is 8.08. The molecule has 0 saturated carbocycles. The van der Waals surface area contributed by atoms with Crippen LogP contribution in [0.15, 0.2) is 78.6 Å². The van der Waals surface area contributed by atoms with E-state index in [1.807, 2.05) is 36.4 Å². The molecule has 2 nitrogen and oxygen atoms in total. The SMILES string of the molecule is OC(C1=C(c2cccc(F)c2)SCC1c1ccc(Cl)cc1)c1cccnc1. The minimum atomic E-state index is -0.812. The number of aromatic nitrogens is 1. The van der Waals surface area contributed by atoms with Gasteiger partial charge < -0.3 is 5.11 Å². The van der Waals surface area contributed by atoms with Crippen molar-refractivity contribution in [3.8, 4) is 0 Å². The van der Waals surface area contributed by atoms with Gasteiger partial charge in [0.2, 0.25) is 0 Å². The number of halogens is 2. The fourth-order valence-electron chi connectivity index (χ4n) is 3.38. The Morgan fingerprint density at radius 3 is 2.63 bits per heavy atom. The van der Waals surface area contributed by atoms with Gasteiger partial charge >= 0.3 is 0 Å². The van der Waals surface area contributed by atoms with Crippen LogP contribution in [-0.2, 0) is 0 Å². The predicted octanol–water partition coefficient (Wildman–Crippen LogP) is 5.85. The van der Waals surface area contributed by atoms with Crippen LogP contribution in [-0.4, -0.2) is 15.8 Å². The van der Waals surface area contributed by atoms with Crippen LogP contribution >= 0.6 is 23.4 Å². The normalized spacial score (nSPS) is 18.0. The Morgan fingerprint density at radius 2 is 1.93 bits per heavy atom. The highest BCUT2D eigenvalue weighted by atomic mass is 35.5. The second-order valence-corrected chi connectivity index (χ2v) is 7.87. The summed E-state index contributed by atoms with van der Waals surface area (Å²) in [6.45, 7) is 0. The number of aliphatic hydroxyl groups is 1. The summed E-state index contributed by atoms with van der Waals surface area (Å²) in [6.07, 6.45) is 2.54. The van der Waals surface area contributed by atoms with Crippen LogP contribution < -0.4 is 0 Å². The van der Waals surface area contributed by atoms with E-state index in [2.05, 4.69) is 4.98 Å². The Hall–Kier alpha value is -2.14. The number of rotatable bonds is 4. The molecule has 0 spiro atoms. The van der Waals surface area contributed by atoms with Crippen LogP contribution in [0.5, 0.6) is 0 Å². The molecule has 0 saturated heterocycles. The molecule has 0 bridgehead atoms. The van der Waals surface area contributed by atoms with E-state index in [4.69, 9.17) is 11.6 Å². The second-order valence-electron chi connectivity index (χ2n) is 6.40. The van der Waals surface area contributed by atoms with Gasteiger partial charge in [-0.05, 0) is 47.0 Å². The average Bonchev–Trinajstić information content (AvgIpc) is 3.14. The second kappa shape index (κ2) is 7.85. The third-order valence-corrected chi connectivity index (χ3v) is 6.20. The van der Waals surface area contributed by atoms with Crippen molar-refractivity contribution in [1.82, 2.24) is 4.98 Å². The summed E-state index contributed by atoms with van der Waals surface area (Å²) in [5.74, 6) is 0.506. The van der Waals surface area contributed by atoms with Gasteiger partial charge in [-0.25, -0.2) is 4.39 Å². The third-order valence-electron chi connectivity index (χ3n) is 4.69. The molecular formula is C22H17ClFNOS. The first-order valence-electron chi connectivity index (χ1n) is 8.60. The molecule has 0 amide bonds. The van der Waals surface area contributed by atoms with E-state index in [0.29, 0.717) is 5.02 Å². The molecule has 3 aromatic rings. The van der Waals surface area contributed by atoms with Crippen LogP contribution in [0.3, 0.4) is 0 Å². The zero-order chi connectivity index (χ0) is 18.8. The fourth-order valence-corrected chi connectivity index (χ4v) is 4.93. The van der Waals surface area contributed by atoms with Crippen molar-refractivity contribution >= 4 is 28.3 Å². The van der Waals surface area contributed by atoms with Crippen LogP contribution in [0.1, 0.15) is 28.7 Å². The number of benzene rings is 2. The summed E-state index contributed by atoms with van der Waals surface area (Å²) in [4.78, 5) is 5.05. The molecule has 4 rings (SSSR count). The molecule has 2 heterocycles. The summed E-state index contributed by atoms with van der Waals surface area (Å²) < 4.78 is 13.8. The summed E-state index contributed by atoms with van der Waals surface area (Å²) in [6, 6.07) is 17.9. The lowest BCUT2D eigenvalue weighted by Gasteiger charge is -2.21. The summed E-state index contributed by atoms with van der Waals surface area (Å²) in [5.41, 5.74) is 3.47. The van der Waals surface area contributed by atoms with E-state index in [1.54, 1.807) is 36.3 Å². The van der Waals surface area contributed by atoms with Gasteiger partial charge in [-0.2, -0.15) is 0 Å². The largest absolute Gasteiger partial charge is 0.384 e. The number of aliphatic hydroxyl groups excluding tert-OH is 1. The molecule has 1 N–H and O–H groups in total. The first kappa shape index (κ1) is 18.2. The molecule has 2 unspecified atom stereocenters. The number of thioether (sulfide) groups is 1. The van der Waals surface area contributed by atoms with Crippen LogP contribution in [0.4, 0.5) is 4.39 Å². The summed E-state index contributed by atoms with van der Waals surface area (Å²) in [5, 5.41) is 11.9. The van der Waals surface area contributed by atoms with E-state index >= 15 is 0 Å². The van der Waals surface area contributed by atoms with Crippen molar-refractivity contribution in [3.63, 3.8) is 0 Å². The van der Waals surface area contributed by atoms with Gasteiger partial charge in [-0.1, -0.05) is 41.9 Å². The zero-order valence-corrected chi connectivity index (χ0v) is 15.9.